The van der Waals surface area contributed by atoms with E-state index in [1.807, 2.05) is 47.8 Å². The van der Waals surface area contributed by atoms with Crippen LogP contribution in [0.1, 0.15) is 39.5 Å². The van der Waals surface area contributed by atoms with E-state index >= 15 is 0 Å². The van der Waals surface area contributed by atoms with Crippen molar-refractivity contribution >= 4 is 28.8 Å². The Morgan fingerprint density at radius 2 is 1.75 bits per heavy atom. The highest BCUT2D eigenvalue weighted by atomic mass is 32.1. The number of likely N-dealkylation sites (tertiary alicyclic amines) is 1. The molecule has 1 aliphatic rings. The summed E-state index contributed by atoms with van der Waals surface area (Å²) in [7, 11) is 0. The number of anilines is 1. The Bertz CT molecular complexity index is 1040. The van der Waals surface area contributed by atoms with Crippen molar-refractivity contribution in [1.82, 2.24) is 9.88 Å². The van der Waals surface area contributed by atoms with Crippen molar-refractivity contribution in [2.45, 2.75) is 25.7 Å². The van der Waals surface area contributed by atoms with Gasteiger partial charge in [0, 0.05) is 30.0 Å². The number of carbonyl (C=O) groups excluding carboxylic acids is 2. The minimum Gasteiger partial charge on any atom is -0.369 e. The number of nitrogens with two attached hydrogens (primary N) is 1. The van der Waals surface area contributed by atoms with Crippen molar-refractivity contribution in [2.24, 2.45) is 11.7 Å². The molecule has 0 atom stereocenters. The number of nitrogens with one attached hydrogen (secondary N) is 1. The van der Waals surface area contributed by atoms with Gasteiger partial charge in [0.15, 0.2) is 0 Å². The van der Waals surface area contributed by atoms with Crippen LogP contribution in [-0.2, 0) is 17.6 Å². The zero-order valence-corrected chi connectivity index (χ0v) is 18.8. The zero-order chi connectivity index (χ0) is 22.3. The van der Waals surface area contributed by atoms with Crippen LogP contribution in [0.3, 0.4) is 0 Å². The maximum atomic E-state index is 12.6. The number of aromatic nitrogens is 1. The summed E-state index contributed by atoms with van der Waals surface area (Å²) >= 11 is 1.51. The standard InChI is InChI=1S/C25H28N4O2S/c26-24(30)20-11-14-29(15-12-20)13-10-18-6-8-21(9-7-18)27-25(31)22-17-32-23(28-22)16-19-4-2-1-3-5-19/h1-9,17,20H,10-16H2,(H2,26,30)(H,27,31). The van der Waals surface area contributed by atoms with Crippen molar-refractivity contribution in [3.63, 3.8) is 0 Å². The van der Waals surface area contributed by atoms with Gasteiger partial charge in [0.2, 0.25) is 5.91 Å². The first-order valence-electron chi connectivity index (χ1n) is 11.0. The Balaban J connectivity index is 1.25. The predicted molar refractivity (Wildman–Crippen MR) is 128 cm³/mol. The van der Waals surface area contributed by atoms with Gasteiger partial charge >= 0.3 is 0 Å². The smallest absolute Gasteiger partial charge is 0.275 e. The lowest BCUT2D eigenvalue weighted by Crippen LogP contribution is -2.39. The number of benzene rings is 2. The van der Waals surface area contributed by atoms with E-state index < -0.39 is 0 Å². The highest BCUT2D eigenvalue weighted by Gasteiger charge is 2.22. The van der Waals surface area contributed by atoms with Crippen molar-refractivity contribution in [1.29, 1.82) is 0 Å². The molecule has 0 aliphatic carbocycles. The molecule has 1 aromatic heterocycles. The van der Waals surface area contributed by atoms with Gasteiger partial charge in [-0.05, 0) is 55.6 Å². The second-order valence-corrected chi connectivity index (χ2v) is 9.15. The van der Waals surface area contributed by atoms with E-state index in [0.29, 0.717) is 5.69 Å². The Hall–Kier alpha value is -3.03. The molecule has 1 saturated heterocycles. The number of amides is 2. The van der Waals surface area contributed by atoms with Crippen LogP contribution in [0.25, 0.3) is 0 Å². The summed E-state index contributed by atoms with van der Waals surface area (Å²) < 4.78 is 0. The maximum Gasteiger partial charge on any atom is 0.275 e. The molecule has 0 unspecified atom stereocenters. The highest BCUT2D eigenvalue weighted by molar-refractivity contribution is 7.09. The van der Waals surface area contributed by atoms with E-state index in [4.69, 9.17) is 5.73 Å². The second kappa shape index (κ2) is 10.5. The average molecular weight is 449 g/mol. The van der Waals surface area contributed by atoms with E-state index in [1.54, 1.807) is 0 Å². The third kappa shape index (κ3) is 6.02. The lowest BCUT2D eigenvalue weighted by Gasteiger charge is -2.30. The van der Waals surface area contributed by atoms with Gasteiger partial charge in [0.1, 0.15) is 5.69 Å². The van der Waals surface area contributed by atoms with Crippen LogP contribution in [-0.4, -0.2) is 41.3 Å². The molecule has 0 radical (unpaired) electrons. The van der Waals surface area contributed by atoms with Crippen LogP contribution in [0.15, 0.2) is 60.0 Å². The molecule has 1 fully saturated rings. The predicted octanol–water partition coefficient (Wildman–Crippen LogP) is 3.73. The number of carbonyl (C=O) groups is 2. The number of piperidine rings is 1. The molecule has 2 amide bonds. The highest BCUT2D eigenvalue weighted by Crippen LogP contribution is 2.19. The molecule has 0 spiro atoms. The largest absolute Gasteiger partial charge is 0.369 e. The van der Waals surface area contributed by atoms with Crippen molar-refractivity contribution < 1.29 is 9.59 Å². The molecule has 6 nitrogen and oxygen atoms in total. The van der Waals surface area contributed by atoms with E-state index in [2.05, 4.69) is 27.3 Å². The van der Waals surface area contributed by atoms with Gasteiger partial charge in [-0.3, -0.25) is 9.59 Å². The van der Waals surface area contributed by atoms with E-state index in [-0.39, 0.29) is 17.7 Å². The van der Waals surface area contributed by atoms with Crippen LogP contribution in [0.5, 0.6) is 0 Å². The molecular formula is C25H28N4O2S. The fourth-order valence-corrected chi connectivity index (χ4v) is 4.75. The zero-order valence-electron chi connectivity index (χ0n) is 18.0. The summed E-state index contributed by atoms with van der Waals surface area (Å²) in [4.78, 5) is 30.7. The number of hydrogen-bond donors (Lipinski definition) is 2. The molecule has 7 heteroatoms. The maximum absolute atomic E-state index is 12.6. The molecule has 2 heterocycles. The topological polar surface area (TPSA) is 88.3 Å². The Morgan fingerprint density at radius 3 is 2.44 bits per heavy atom. The van der Waals surface area contributed by atoms with E-state index in [1.165, 1.54) is 22.5 Å². The number of nitrogens with zero attached hydrogens (tertiary/aromatic N) is 2. The van der Waals surface area contributed by atoms with E-state index in [9.17, 15) is 9.59 Å². The first-order valence-corrected chi connectivity index (χ1v) is 11.8. The second-order valence-electron chi connectivity index (χ2n) is 8.21. The molecule has 32 heavy (non-hydrogen) atoms. The quantitative estimate of drug-likeness (QED) is 0.550. The molecule has 0 saturated carbocycles. The summed E-state index contributed by atoms with van der Waals surface area (Å²) in [5.41, 5.74) is 9.02. The lowest BCUT2D eigenvalue weighted by molar-refractivity contribution is -0.123. The molecule has 2 aromatic carbocycles. The molecule has 0 bridgehead atoms. The first kappa shape index (κ1) is 22.2. The molecular weight excluding hydrogens is 420 g/mol. The van der Waals surface area contributed by atoms with E-state index in [0.717, 1.165) is 56.0 Å². The average Bonchev–Trinajstić information content (AvgIpc) is 3.28. The number of hydrogen-bond acceptors (Lipinski definition) is 5. The normalized spacial score (nSPS) is 14.9. The molecule has 4 rings (SSSR count). The van der Waals surface area contributed by atoms with Crippen molar-refractivity contribution in [3.8, 4) is 0 Å². The first-order chi connectivity index (χ1) is 15.6. The van der Waals surface area contributed by atoms with Crippen LogP contribution >= 0.6 is 11.3 Å². The minimum atomic E-state index is -0.189. The van der Waals surface area contributed by atoms with Crippen LogP contribution < -0.4 is 11.1 Å². The van der Waals surface area contributed by atoms with Crippen LogP contribution in [0.2, 0.25) is 0 Å². The summed E-state index contributed by atoms with van der Waals surface area (Å²) in [6.07, 6.45) is 3.37. The van der Waals surface area contributed by atoms with Gasteiger partial charge in [0.05, 0.1) is 5.01 Å². The molecule has 3 N–H and O–H groups in total. The fraction of sp³-hybridized carbons (Fsp3) is 0.320. The van der Waals surface area contributed by atoms with Crippen molar-refractivity contribution in [3.05, 3.63) is 81.8 Å². The van der Waals surface area contributed by atoms with Crippen LogP contribution in [0, 0.1) is 5.92 Å². The van der Waals surface area contributed by atoms with Crippen molar-refractivity contribution in [2.75, 3.05) is 25.0 Å². The minimum absolute atomic E-state index is 0.0290. The van der Waals surface area contributed by atoms with Crippen LogP contribution in [0.4, 0.5) is 5.69 Å². The van der Waals surface area contributed by atoms with Gasteiger partial charge in [-0.15, -0.1) is 11.3 Å². The summed E-state index contributed by atoms with van der Waals surface area (Å²) in [6.45, 7) is 2.80. The Morgan fingerprint density at radius 1 is 1.03 bits per heavy atom. The molecule has 1 aliphatic heterocycles. The summed E-state index contributed by atoms with van der Waals surface area (Å²) in [6, 6.07) is 18.1. The van der Waals surface area contributed by atoms with Gasteiger partial charge in [0.25, 0.3) is 5.91 Å². The van der Waals surface area contributed by atoms with Gasteiger partial charge in [-0.1, -0.05) is 42.5 Å². The van der Waals surface area contributed by atoms with Gasteiger partial charge < -0.3 is 16.0 Å². The van der Waals surface area contributed by atoms with Gasteiger partial charge in [-0.25, -0.2) is 4.98 Å². The Kier molecular flexibility index (Phi) is 7.29. The Labute approximate surface area is 192 Å². The number of rotatable bonds is 8. The lowest BCUT2D eigenvalue weighted by atomic mass is 9.96. The number of primary amides is 1. The fourth-order valence-electron chi connectivity index (χ4n) is 3.95. The molecule has 3 aromatic rings. The monoisotopic (exact) mass is 448 g/mol. The summed E-state index contributed by atoms with van der Waals surface area (Å²) in [5.74, 6) is -0.334. The third-order valence-corrected chi connectivity index (χ3v) is 6.75. The van der Waals surface area contributed by atoms with Gasteiger partial charge in [-0.2, -0.15) is 0 Å². The SMILES string of the molecule is NC(=O)C1CCN(CCc2ccc(NC(=O)c3csc(Cc4ccccc4)n3)cc2)CC1. The third-order valence-electron chi connectivity index (χ3n) is 5.90. The number of thiazole rings is 1. The molecule has 166 valence electrons. The summed E-state index contributed by atoms with van der Waals surface area (Å²) in [5, 5.41) is 5.67.